The van der Waals surface area contributed by atoms with Crippen LogP contribution in [0.5, 0.6) is 0 Å². The van der Waals surface area contributed by atoms with Crippen molar-refractivity contribution in [1.29, 1.82) is 0 Å². The van der Waals surface area contributed by atoms with Gasteiger partial charge in [0, 0.05) is 12.3 Å². The molecule has 0 amide bonds. The molecule has 0 fully saturated rings. The monoisotopic (exact) mass is 212 g/mol. The van der Waals surface area contributed by atoms with Gasteiger partial charge in [-0.1, -0.05) is 59.3 Å². The average molecular weight is 212 g/mol. The number of hydrogen-bond acceptors (Lipinski definition) is 1. The average Bonchev–Trinajstić information content (AvgIpc) is 2.27. The first-order valence-electron chi connectivity index (χ1n) is 6.78. The first kappa shape index (κ1) is 14.7. The molecule has 1 heteroatoms. The molecular formula is C14H28O. The molecule has 0 N–H and O–H groups in total. The Morgan fingerprint density at radius 3 is 2.00 bits per heavy atom. The van der Waals surface area contributed by atoms with E-state index in [1.165, 1.54) is 38.5 Å². The van der Waals surface area contributed by atoms with Gasteiger partial charge in [-0.25, -0.2) is 0 Å². The fourth-order valence-corrected chi connectivity index (χ4v) is 2.02. The third kappa shape index (κ3) is 7.58. The van der Waals surface area contributed by atoms with E-state index in [4.69, 9.17) is 0 Å². The Labute approximate surface area is 95.6 Å². The molecule has 1 nitrogen and oxygen atoms in total. The van der Waals surface area contributed by atoms with Crippen LogP contribution >= 0.6 is 0 Å². The van der Waals surface area contributed by atoms with Gasteiger partial charge in [0.1, 0.15) is 5.78 Å². The van der Waals surface area contributed by atoms with Crippen molar-refractivity contribution in [3.8, 4) is 0 Å². The second-order valence-corrected chi connectivity index (χ2v) is 4.51. The Hall–Kier alpha value is -0.330. The summed E-state index contributed by atoms with van der Waals surface area (Å²) in [6, 6.07) is 0. The van der Waals surface area contributed by atoms with Crippen molar-refractivity contribution in [3.05, 3.63) is 0 Å². The van der Waals surface area contributed by atoms with Crippen molar-refractivity contribution in [2.45, 2.75) is 78.6 Å². The number of Topliss-reactive ketones (excluding diaryl/α,β-unsaturated/α-hetero) is 1. The second-order valence-electron chi connectivity index (χ2n) is 4.51. The van der Waals surface area contributed by atoms with Gasteiger partial charge in [-0.3, -0.25) is 4.79 Å². The molecule has 0 aliphatic heterocycles. The van der Waals surface area contributed by atoms with E-state index in [9.17, 15) is 4.79 Å². The molecule has 0 saturated heterocycles. The maximum atomic E-state index is 11.7. The molecule has 0 aromatic heterocycles. The third-order valence-corrected chi connectivity index (χ3v) is 3.12. The predicted molar refractivity (Wildman–Crippen MR) is 67.1 cm³/mol. The fraction of sp³-hybridized carbons (Fsp3) is 0.929. The first-order chi connectivity index (χ1) is 7.26. The molecule has 90 valence electrons. The predicted octanol–water partition coefficient (Wildman–Crippen LogP) is 4.74. The van der Waals surface area contributed by atoms with E-state index in [2.05, 4.69) is 13.8 Å². The zero-order valence-electron chi connectivity index (χ0n) is 10.8. The summed E-state index contributed by atoms with van der Waals surface area (Å²) in [5.41, 5.74) is 0. The van der Waals surface area contributed by atoms with Gasteiger partial charge in [-0.2, -0.15) is 0 Å². The molecule has 15 heavy (non-hydrogen) atoms. The van der Waals surface area contributed by atoms with Gasteiger partial charge in [0.2, 0.25) is 0 Å². The second kappa shape index (κ2) is 10.2. The SMILES string of the molecule is CCCCCCC(CCCC)C(=O)CC. The number of unbranched alkanes of at least 4 members (excludes halogenated alkanes) is 4. The van der Waals surface area contributed by atoms with Crippen LogP contribution < -0.4 is 0 Å². The molecular weight excluding hydrogens is 184 g/mol. The lowest BCUT2D eigenvalue weighted by molar-refractivity contribution is -0.123. The zero-order valence-corrected chi connectivity index (χ0v) is 10.8. The Balaban J connectivity index is 3.74. The summed E-state index contributed by atoms with van der Waals surface area (Å²) in [6.07, 6.45) is 10.5. The number of ketones is 1. The summed E-state index contributed by atoms with van der Waals surface area (Å²) in [4.78, 5) is 11.7. The lowest BCUT2D eigenvalue weighted by Crippen LogP contribution is -2.13. The van der Waals surface area contributed by atoms with Crippen molar-refractivity contribution < 1.29 is 4.79 Å². The van der Waals surface area contributed by atoms with Crippen LogP contribution in [0.3, 0.4) is 0 Å². The van der Waals surface area contributed by atoms with E-state index in [-0.39, 0.29) is 0 Å². The first-order valence-corrected chi connectivity index (χ1v) is 6.78. The van der Waals surface area contributed by atoms with Crippen LogP contribution in [0, 0.1) is 5.92 Å². The minimum atomic E-state index is 0.367. The minimum absolute atomic E-state index is 0.367. The molecule has 0 radical (unpaired) electrons. The summed E-state index contributed by atoms with van der Waals surface area (Å²) in [6.45, 7) is 6.42. The normalized spacial score (nSPS) is 12.7. The summed E-state index contributed by atoms with van der Waals surface area (Å²) < 4.78 is 0. The van der Waals surface area contributed by atoms with Crippen molar-refractivity contribution in [1.82, 2.24) is 0 Å². The molecule has 0 heterocycles. The fourth-order valence-electron chi connectivity index (χ4n) is 2.02. The number of hydrogen-bond donors (Lipinski definition) is 0. The Morgan fingerprint density at radius 2 is 1.47 bits per heavy atom. The molecule has 0 rings (SSSR count). The van der Waals surface area contributed by atoms with Crippen LogP contribution in [0.25, 0.3) is 0 Å². The van der Waals surface area contributed by atoms with Crippen molar-refractivity contribution in [2.24, 2.45) is 5.92 Å². The van der Waals surface area contributed by atoms with Crippen LogP contribution in [-0.4, -0.2) is 5.78 Å². The van der Waals surface area contributed by atoms with E-state index in [0.29, 0.717) is 11.7 Å². The van der Waals surface area contributed by atoms with Crippen molar-refractivity contribution in [2.75, 3.05) is 0 Å². The van der Waals surface area contributed by atoms with Crippen LogP contribution in [0.1, 0.15) is 78.6 Å². The molecule has 0 bridgehead atoms. The Bertz CT molecular complexity index is 151. The molecule has 1 atom stereocenters. The highest BCUT2D eigenvalue weighted by Crippen LogP contribution is 2.19. The van der Waals surface area contributed by atoms with Crippen LogP contribution in [0.4, 0.5) is 0 Å². The van der Waals surface area contributed by atoms with Gasteiger partial charge >= 0.3 is 0 Å². The molecule has 0 aliphatic carbocycles. The van der Waals surface area contributed by atoms with E-state index in [1.807, 2.05) is 6.92 Å². The number of rotatable bonds is 10. The topological polar surface area (TPSA) is 17.1 Å². The Morgan fingerprint density at radius 1 is 0.867 bits per heavy atom. The Kier molecular flexibility index (Phi) is 9.97. The summed E-state index contributed by atoms with van der Waals surface area (Å²) in [5, 5.41) is 0. The van der Waals surface area contributed by atoms with Gasteiger partial charge in [0.15, 0.2) is 0 Å². The van der Waals surface area contributed by atoms with E-state index >= 15 is 0 Å². The third-order valence-electron chi connectivity index (χ3n) is 3.12. The molecule has 0 aliphatic rings. The maximum absolute atomic E-state index is 11.7. The van der Waals surface area contributed by atoms with Gasteiger partial charge in [-0.05, 0) is 12.8 Å². The van der Waals surface area contributed by atoms with Crippen LogP contribution in [0.2, 0.25) is 0 Å². The molecule has 1 unspecified atom stereocenters. The largest absolute Gasteiger partial charge is 0.299 e. The smallest absolute Gasteiger partial charge is 0.135 e. The quantitative estimate of drug-likeness (QED) is 0.478. The minimum Gasteiger partial charge on any atom is -0.299 e. The summed E-state index contributed by atoms with van der Waals surface area (Å²) in [7, 11) is 0. The van der Waals surface area contributed by atoms with Gasteiger partial charge < -0.3 is 0 Å². The zero-order chi connectivity index (χ0) is 11.5. The maximum Gasteiger partial charge on any atom is 0.135 e. The summed E-state index contributed by atoms with van der Waals surface area (Å²) >= 11 is 0. The molecule has 0 aromatic carbocycles. The van der Waals surface area contributed by atoms with E-state index in [0.717, 1.165) is 19.3 Å². The lowest BCUT2D eigenvalue weighted by atomic mass is 9.90. The summed E-state index contributed by atoms with van der Waals surface area (Å²) in [5.74, 6) is 0.853. The van der Waals surface area contributed by atoms with Crippen LogP contribution in [-0.2, 0) is 4.79 Å². The van der Waals surface area contributed by atoms with Gasteiger partial charge in [-0.15, -0.1) is 0 Å². The van der Waals surface area contributed by atoms with Gasteiger partial charge in [0.25, 0.3) is 0 Å². The highest BCUT2D eigenvalue weighted by atomic mass is 16.1. The van der Waals surface area contributed by atoms with Crippen molar-refractivity contribution >= 4 is 5.78 Å². The number of carbonyl (C=O) groups excluding carboxylic acids is 1. The highest BCUT2D eigenvalue weighted by Gasteiger charge is 2.15. The van der Waals surface area contributed by atoms with Crippen LogP contribution in [0.15, 0.2) is 0 Å². The molecule has 0 aromatic rings. The van der Waals surface area contributed by atoms with E-state index in [1.54, 1.807) is 0 Å². The molecule has 0 spiro atoms. The van der Waals surface area contributed by atoms with Gasteiger partial charge in [0.05, 0.1) is 0 Å². The standard InChI is InChI=1S/C14H28O/c1-4-7-9-10-12-13(11-8-5-2)14(15)6-3/h13H,4-12H2,1-3H3. The molecule has 0 saturated carbocycles. The lowest BCUT2D eigenvalue weighted by Gasteiger charge is -2.14. The van der Waals surface area contributed by atoms with E-state index < -0.39 is 0 Å². The van der Waals surface area contributed by atoms with Crippen molar-refractivity contribution in [3.63, 3.8) is 0 Å². The highest BCUT2D eigenvalue weighted by molar-refractivity contribution is 5.80. The number of carbonyl (C=O) groups is 1.